The van der Waals surface area contributed by atoms with Crippen LogP contribution in [0.5, 0.6) is 0 Å². The van der Waals surface area contributed by atoms with Crippen molar-refractivity contribution in [1.29, 1.82) is 0 Å². The molecule has 0 bridgehead atoms. The van der Waals surface area contributed by atoms with Gasteiger partial charge in [-0.3, -0.25) is 0 Å². The van der Waals surface area contributed by atoms with Gasteiger partial charge in [-0.25, -0.2) is 4.98 Å². The molecular weight excluding hydrogens is 238 g/mol. The van der Waals surface area contributed by atoms with Crippen molar-refractivity contribution < 1.29 is 0 Å². The van der Waals surface area contributed by atoms with E-state index < -0.39 is 0 Å². The summed E-state index contributed by atoms with van der Waals surface area (Å²) in [5.41, 5.74) is 8.12. The Balaban J connectivity index is 2.07. The third kappa shape index (κ3) is 2.30. The first-order valence-electron chi connectivity index (χ1n) is 7.00. The van der Waals surface area contributed by atoms with Crippen molar-refractivity contribution >= 4 is 11.5 Å². The smallest absolute Gasteiger partial charge is 0.157 e. The molecule has 1 aliphatic rings. The summed E-state index contributed by atoms with van der Waals surface area (Å²) < 4.78 is 1.92. The van der Waals surface area contributed by atoms with Crippen molar-refractivity contribution in [2.24, 2.45) is 5.73 Å². The lowest BCUT2D eigenvalue weighted by atomic mass is 10.1. The second-order valence-corrected chi connectivity index (χ2v) is 5.64. The summed E-state index contributed by atoms with van der Waals surface area (Å²) in [6, 6.07) is 4.37. The summed E-state index contributed by atoms with van der Waals surface area (Å²) >= 11 is 0. The molecule has 1 fully saturated rings. The van der Waals surface area contributed by atoms with Gasteiger partial charge in [0.05, 0.1) is 6.20 Å². The van der Waals surface area contributed by atoms with E-state index in [0.717, 1.165) is 43.1 Å². The van der Waals surface area contributed by atoms with E-state index in [1.54, 1.807) is 6.20 Å². The van der Waals surface area contributed by atoms with Gasteiger partial charge in [0.15, 0.2) is 5.65 Å². The summed E-state index contributed by atoms with van der Waals surface area (Å²) in [6.45, 7) is 6.28. The number of fused-ring (bicyclic) bond motifs is 1. The molecular formula is C14H21N5. The minimum absolute atomic E-state index is 0.259. The van der Waals surface area contributed by atoms with Crippen LogP contribution in [0, 0.1) is 0 Å². The number of anilines is 1. The normalized spacial score (nSPS) is 20.4. The van der Waals surface area contributed by atoms with E-state index >= 15 is 0 Å². The lowest BCUT2D eigenvalue weighted by Crippen LogP contribution is -2.43. The van der Waals surface area contributed by atoms with Crippen LogP contribution in [0.4, 0.5) is 5.82 Å². The van der Waals surface area contributed by atoms with Gasteiger partial charge in [0.2, 0.25) is 0 Å². The molecule has 0 amide bonds. The number of aromatic nitrogens is 3. The molecule has 2 aromatic heterocycles. The molecule has 0 spiro atoms. The van der Waals surface area contributed by atoms with Gasteiger partial charge >= 0.3 is 0 Å². The highest BCUT2D eigenvalue weighted by molar-refractivity contribution is 5.51. The minimum Gasteiger partial charge on any atom is -0.355 e. The molecule has 5 heteroatoms. The number of hydrogen-bond donors (Lipinski definition) is 1. The van der Waals surface area contributed by atoms with Gasteiger partial charge < -0.3 is 10.6 Å². The Labute approximate surface area is 113 Å². The molecule has 0 unspecified atom stereocenters. The maximum Gasteiger partial charge on any atom is 0.157 e. The van der Waals surface area contributed by atoms with E-state index in [1.807, 2.05) is 10.6 Å². The maximum absolute atomic E-state index is 6.09. The molecule has 2 aromatic rings. The van der Waals surface area contributed by atoms with Crippen LogP contribution >= 0.6 is 0 Å². The van der Waals surface area contributed by atoms with E-state index in [4.69, 9.17) is 5.73 Å². The quantitative estimate of drug-likeness (QED) is 0.893. The zero-order valence-electron chi connectivity index (χ0n) is 11.6. The Kier molecular flexibility index (Phi) is 3.14. The molecule has 1 atom stereocenters. The fraction of sp³-hybridized carbons (Fsp3) is 0.571. The molecule has 0 aromatic carbocycles. The lowest BCUT2D eigenvalue weighted by Gasteiger charge is -2.32. The van der Waals surface area contributed by atoms with E-state index in [2.05, 4.69) is 34.9 Å². The van der Waals surface area contributed by atoms with Crippen molar-refractivity contribution in [3.8, 4) is 0 Å². The molecule has 102 valence electrons. The SMILES string of the molecule is CC(C)c1cc(N2CCC[C@H](N)C2)n2nccc2n1. The van der Waals surface area contributed by atoms with Crippen LogP contribution in [0.1, 0.15) is 38.3 Å². The van der Waals surface area contributed by atoms with Gasteiger partial charge in [-0.1, -0.05) is 13.8 Å². The lowest BCUT2D eigenvalue weighted by molar-refractivity contribution is 0.500. The summed E-state index contributed by atoms with van der Waals surface area (Å²) in [5.74, 6) is 1.53. The molecule has 3 heterocycles. The first kappa shape index (κ1) is 12.4. The average molecular weight is 259 g/mol. The van der Waals surface area contributed by atoms with E-state index in [1.165, 1.54) is 0 Å². The van der Waals surface area contributed by atoms with Gasteiger partial charge in [-0.05, 0) is 18.8 Å². The highest BCUT2D eigenvalue weighted by atomic mass is 15.3. The third-order valence-corrected chi connectivity index (χ3v) is 3.73. The number of nitrogens with zero attached hydrogens (tertiary/aromatic N) is 4. The predicted octanol–water partition coefficient (Wildman–Crippen LogP) is 1.78. The second kappa shape index (κ2) is 4.81. The average Bonchev–Trinajstić information content (AvgIpc) is 2.85. The van der Waals surface area contributed by atoms with Crippen molar-refractivity contribution in [2.75, 3.05) is 18.0 Å². The number of hydrogen-bond acceptors (Lipinski definition) is 4. The van der Waals surface area contributed by atoms with Crippen LogP contribution in [0.2, 0.25) is 0 Å². The minimum atomic E-state index is 0.259. The second-order valence-electron chi connectivity index (χ2n) is 5.64. The van der Waals surface area contributed by atoms with Crippen LogP contribution in [0.15, 0.2) is 18.3 Å². The zero-order chi connectivity index (χ0) is 13.4. The monoisotopic (exact) mass is 259 g/mol. The molecule has 19 heavy (non-hydrogen) atoms. The molecule has 0 radical (unpaired) electrons. The fourth-order valence-corrected chi connectivity index (χ4v) is 2.65. The Morgan fingerprint density at radius 3 is 3.00 bits per heavy atom. The van der Waals surface area contributed by atoms with Gasteiger partial charge in [-0.15, -0.1) is 0 Å². The first-order valence-corrected chi connectivity index (χ1v) is 7.00. The van der Waals surface area contributed by atoms with Crippen molar-refractivity contribution in [2.45, 2.75) is 38.6 Å². The van der Waals surface area contributed by atoms with Crippen LogP contribution in [-0.4, -0.2) is 33.7 Å². The molecule has 1 saturated heterocycles. The van der Waals surface area contributed by atoms with Crippen LogP contribution in [0.25, 0.3) is 5.65 Å². The highest BCUT2D eigenvalue weighted by Gasteiger charge is 2.20. The Bertz CT molecular complexity index is 574. The summed E-state index contributed by atoms with van der Waals surface area (Å²) in [5, 5.41) is 4.39. The fourth-order valence-electron chi connectivity index (χ4n) is 2.65. The summed E-state index contributed by atoms with van der Waals surface area (Å²) in [6.07, 6.45) is 4.06. The van der Waals surface area contributed by atoms with Crippen molar-refractivity contribution in [3.63, 3.8) is 0 Å². The zero-order valence-corrected chi connectivity index (χ0v) is 11.6. The van der Waals surface area contributed by atoms with Crippen LogP contribution in [-0.2, 0) is 0 Å². The standard InChI is InChI=1S/C14H21N5/c1-10(2)12-8-14(18-7-3-4-11(15)9-18)19-13(17-12)5-6-16-19/h5-6,8,10-11H,3-4,7,9,15H2,1-2H3/t11-/m0/s1. The van der Waals surface area contributed by atoms with Crippen molar-refractivity contribution in [3.05, 3.63) is 24.0 Å². The molecule has 2 N–H and O–H groups in total. The summed E-state index contributed by atoms with van der Waals surface area (Å²) in [4.78, 5) is 6.99. The molecule has 1 aliphatic heterocycles. The van der Waals surface area contributed by atoms with Crippen molar-refractivity contribution in [1.82, 2.24) is 14.6 Å². The largest absolute Gasteiger partial charge is 0.355 e. The number of rotatable bonds is 2. The Morgan fingerprint density at radius 2 is 2.26 bits per heavy atom. The molecule has 0 aliphatic carbocycles. The molecule has 3 rings (SSSR count). The number of nitrogens with two attached hydrogens (primary N) is 1. The van der Waals surface area contributed by atoms with Gasteiger partial charge in [0.25, 0.3) is 0 Å². The Hall–Kier alpha value is -1.62. The summed E-state index contributed by atoms with van der Waals surface area (Å²) in [7, 11) is 0. The topological polar surface area (TPSA) is 59.5 Å². The van der Waals surface area contributed by atoms with E-state index in [9.17, 15) is 0 Å². The third-order valence-electron chi connectivity index (χ3n) is 3.73. The van der Waals surface area contributed by atoms with E-state index in [0.29, 0.717) is 5.92 Å². The molecule has 0 saturated carbocycles. The highest BCUT2D eigenvalue weighted by Crippen LogP contribution is 2.24. The first-order chi connectivity index (χ1) is 9.15. The number of piperidine rings is 1. The predicted molar refractivity (Wildman–Crippen MR) is 76.5 cm³/mol. The van der Waals surface area contributed by atoms with Gasteiger partial charge in [0, 0.05) is 37.0 Å². The Morgan fingerprint density at radius 1 is 1.42 bits per heavy atom. The van der Waals surface area contributed by atoms with E-state index in [-0.39, 0.29) is 6.04 Å². The van der Waals surface area contributed by atoms with Crippen LogP contribution in [0.3, 0.4) is 0 Å². The van der Waals surface area contributed by atoms with Gasteiger partial charge in [-0.2, -0.15) is 9.61 Å². The maximum atomic E-state index is 6.09. The molecule has 5 nitrogen and oxygen atoms in total. The van der Waals surface area contributed by atoms with Gasteiger partial charge in [0.1, 0.15) is 5.82 Å². The van der Waals surface area contributed by atoms with Crippen LogP contribution < -0.4 is 10.6 Å².